The number of rotatable bonds is 5. The minimum absolute atomic E-state index is 0.146. The van der Waals surface area contributed by atoms with E-state index in [2.05, 4.69) is 5.43 Å². The highest BCUT2D eigenvalue weighted by atomic mass is 16.5. The van der Waals surface area contributed by atoms with Crippen molar-refractivity contribution in [2.24, 2.45) is 5.84 Å². The SMILES string of the molecule is CC(C)Oc1cccc(C(NN)c2ccco2)c1. The van der Waals surface area contributed by atoms with Crippen LogP contribution >= 0.6 is 0 Å². The van der Waals surface area contributed by atoms with E-state index in [0.29, 0.717) is 0 Å². The third kappa shape index (κ3) is 2.91. The van der Waals surface area contributed by atoms with Gasteiger partial charge in [0.25, 0.3) is 0 Å². The summed E-state index contributed by atoms with van der Waals surface area (Å²) in [6, 6.07) is 11.4. The minimum Gasteiger partial charge on any atom is -0.491 e. The highest BCUT2D eigenvalue weighted by Crippen LogP contribution is 2.25. The number of nitrogens with one attached hydrogen (secondary N) is 1. The molecule has 0 saturated heterocycles. The fourth-order valence-electron chi connectivity index (χ4n) is 1.84. The molecule has 0 aliphatic rings. The van der Waals surface area contributed by atoms with Gasteiger partial charge >= 0.3 is 0 Å². The Kier molecular flexibility index (Phi) is 4.02. The van der Waals surface area contributed by atoms with Crippen molar-refractivity contribution in [1.29, 1.82) is 0 Å². The Morgan fingerprint density at radius 1 is 1.22 bits per heavy atom. The number of hydrogen-bond donors (Lipinski definition) is 2. The molecule has 1 heterocycles. The lowest BCUT2D eigenvalue weighted by atomic mass is 10.1. The first kappa shape index (κ1) is 12.7. The van der Waals surface area contributed by atoms with Crippen molar-refractivity contribution in [2.75, 3.05) is 0 Å². The van der Waals surface area contributed by atoms with Crippen LogP contribution in [0.1, 0.15) is 31.2 Å². The van der Waals surface area contributed by atoms with Gasteiger partial charge in [-0.05, 0) is 43.7 Å². The molecule has 1 aromatic carbocycles. The summed E-state index contributed by atoms with van der Waals surface area (Å²) in [7, 11) is 0. The van der Waals surface area contributed by atoms with Gasteiger partial charge in [-0.25, -0.2) is 5.43 Å². The van der Waals surface area contributed by atoms with Gasteiger partial charge in [0.05, 0.1) is 12.4 Å². The van der Waals surface area contributed by atoms with Crippen LogP contribution in [0.2, 0.25) is 0 Å². The van der Waals surface area contributed by atoms with Gasteiger partial charge in [0, 0.05) is 0 Å². The molecule has 1 aromatic heterocycles. The standard InChI is InChI=1S/C14H18N2O2/c1-10(2)18-12-6-3-5-11(9-12)14(16-15)13-7-4-8-17-13/h3-10,14,16H,15H2,1-2H3. The summed E-state index contributed by atoms with van der Waals surface area (Å²) in [6.45, 7) is 4.00. The summed E-state index contributed by atoms with van der Waals surface area (Å²) in [5, 5.41) is 0. The van der Waals surface area contributed by atoms with E-state index in [1.54, 1.807) is 6.26 Å². The molecule has 0 spiro atoms. The zero-order valence-electron chi connectivity index (χ0n) is 10.6. The normalized spacial score (nSPS) is 12.7. The minimum atomic E-state index is -0.171. The quantitative estimate of drug-likeness (QED) is 0.629. The van der Waals surface area contributed by atoms with E-state index in [1.807, 2.05) is 50.2 Å². The lowest BCUT2D eigenvalue weighted by molar-refractivity contribution is 0.242. The van der Waals surface area contributed by atoms with Crippen molar-refractivity contribution in [3.8, 4) is 5.75 Å². The number of nitrogens with two attached hydrogens (primary N) is 1. The third-order valence-electron chi connectivity index (χ3n) is 2.56. The van der Waals surface area contributed by atoms with Crippen molar-refractivity contribution >= 4 is 0 Å². The Balaban J connectivity index is 2.26. The van der Waals surface area contributed by atoms with E-state index in [4.69, 9.17) is 15.0 Å². The number of benzene rings is 1. The molecule has 3 N–H and O–H groups in total. The highest BCUT2D eigenvalue weighted by molar-refractivity contribution is 5.34. The van der Waals surface area contributed by atoms with Gasteiger partial charge in [-0.2, -0.15) is 0 Å². The first-order valence-electron chi connectivity index (χ1n) is 5.97. The van der Waals surface area contributed by atoms with E-state index < -0.39 is 0 Å². The Bertz CT molecular complexity index is 480. The van der Waals surface area contributed by atoms with Gasteiger partial charge in [0.2, 0.25) is 0 Å². The van der Waals surface area contributed by atoms with Crippen LogP contribution in [0.4, 0.5) is 0 Å². The zero-order valence-corrected chi connectivity index (χ0v) is 10.6. The lowest BCUT2D eigenvalue weighted by Gasteiger charge is -2.16. The monoisotopic (exact) mass is 246 g/mol. The molecular weight excluding hydrogens is 228 g/mol. The summed E-state index contributed by atoms with van der Waals surface area (Å²) in [4.78, 5) is 0. The van der Waals surface area contributed by atoms with Gasteiger partial charge in [-0.1, -0.05) is 12.1 Å². The van der Waals surface area contributed by atoms with Crippen LogP contribution in [0, 0.1) is 0 Å². The van der Waals surface area contributed by atoms with Crippen LogP contribution < -0.4 is 16.0 Å². The number of ether oxygens (including phenoxy) is 1. The predicted molar refractivity (Wildman–Crippen MR) is 70.1 cm³/mol. The Morgan fingerprint density at radius 2 is 2.06 bits per heavy atom. The smallest absolute Gasteiger partial charge is 0.126 e. The van der Waals surface area contributed by atoms with Crippen molar-refractivity contribution in [3.63, 3.8) is 0 Å². The third-order valence-corrected chi connectivity index (χ3v) is 2.56. The van der Waals surface area contributed by atoms with E-state index in [9.17, 15) is 0 Å². The summed E-state index contributed by atoms with van der Waals surface area (Å²) in [5.74, 6) is 7.20. The second-order valence-corrected chi connectivity index (χ2v) is 4.35. The molecule has 1 unspecified atom stereocenters. The maximum atomic E-state index is 5.67. The Labute approximate surface area is 107 Å². The lowest BCUT2D eigenvalue weighted by Crippen LogP contribution is -2.28. The largest absolute Gasteiger partial charge is 0.491 e. The van der Waals surface area contributed by atoms with Crippen molar-refractivity contribution < 1.29 is 9.15 Å². The second-order valence-electron chi connectivity index (χ2n) is 4.35. The molecule has 4 nitrogen and oxygen atoms in total. The second kappa shape index (κ2) is 5.71. The van der Waals surface area contributed by atoms with Crippen molar-refractivity contribution in [2.45, 2.75) is 26.0 Å². The summed E-state index contributed by atoms with van der Waals surface area (Å²) in [5.41, 5.74) is 3.76. The zero-order chi connectivity index (χ0) is 13.0. The van der Waals surface area contributed by atoms with Crippen LogP contribution in [0.5, 0.6) is 5.75 Å². The predicted octanol–water partition coefficient (Wildman–Crippen LogP) is 2.62. The first-order valence-corrected chi connectivity index (χ1v) is 5.97. The van der Waals surface area contributed by atoms with Crippen molar-refractivity contribution in [3.05, 3.63) is 54.0 Å². The summed E-state index contributed by atoms with van der Waals surface area (Å²) < 4.78 is 11.0. The van der Waals surface area contributed by atoms with Crippen LogP contribution in [-0.2, 0) is 0 Å². The molecule has 0 fully saturated rings. The molecule has 1 atom stereocenters. The molecule has 2 aromatic rings. The molecule has 18 heavy (non-hydrogen) atoms. The number of hydrazine groups is 1. The molecule has 0 saturated carbocycles. The molecule has 0 aliphatic heterocycles. The van der Waals surface area contributed by atoms with Gasteiger partial charge in [0.15, 0.2) is 0 Å². The fourth-order valence-corrected chi connectivity index (χ4v) is 1.84. The van der Waals surface area contributed by atoms with Gasteiger partial charge in [-0.3, -0.25) is 5.84 Å². The van der Waals surface area contributed by atoms with Gasteiger partial charge in [0.1, 0.15) is 17.6 Å². The molecule has 96 valence electrons. The van der Waals surface area contributed by atoms with E-state index in [1.165, 1.54) is 0 Å². The van der Waals surface area contributed by atoms with Crippen LogP contribution in [0.15, 0.2) is 47.1 Å². The van der Waals surface area contributed by atoms with Crippen molar-refractivity contribution in [1.82, 2.24) is 5.43 Å². The highest BCUT2D eigenvalue weighted by Gasteiger charge is 2.15. The summed E-state index contributed by atoms with van der Waals surface area (Å²) in [6.07, 6.45) is 1.78. The number of furan rings is 1. The molecule has 0 aliphatic carbocycles. The molecule has 0 radical (unpaired) electrons. The topological polar surface area (TPSA) is 60.4 Å². The molecule has 2 rings (SSSR count). The fraction of sp³-hybridized carbons (Fsp3) is 0.286. The van der Waals surface area contributed by atoms with Crippen LogP contribution in [-0.4, -0.2) is 6.10 Å². The van der Waals surface area contributed by atoms with Crippen LogP contribution in [0.3, 0.4) is 0 Å². The average molecular weight is 246 g/mol. The summed E-state index contributed by atoms with van der Waals surface area (Å²) >= 11 is 0. The first-order chi connectivity index (χ1) is 8.70. The number of hydrogen-bond acceptors (Lipinski definition) is 4. The maximum absolute atomic E-state index is 5.67. The van der Waals surface area contributed by atoms with Gasteiger partial charge in [-0.15, -0.1) is 0 Å². The van der Waals surface area contributed by atoms with Gasteiger partial charge < -0.3 is 9.15 Å². The molecule has 4 heteroatoms. The Morgan fingerprint density at radius 3 is 2.67 bits per heavy atom. The van der Waals surface area contributed by atoms with E-state index in [-0.39, 0.29) is 12.1 Å². The van der Waals surface area contributed by atoms with E-state index >= 15 is 0 Å². The Hall–Kier alpha value is -1.78. The molecule has 0 amide bonds. The average Bonchev–Trinajstić information content (AvgIpc) is 2.83. The van der Waals surface area contributed by atoms with Crippen LogP contribution in [0.25, 0.3) is 0 Å². The van der Waals surface area contributed by atoms with E-state index in [0.717, 1.165) is 17.1 Å². The maximum Gasteiger partial charge on any atom is 0.126 e. The molecular formula is C14H18N2O2. The molecule has 0 bridgehead atoms.